The molecule has 4 aliphatic heterocycles. The summed E-state index contributed by atoms with van der Waals surface area (Å²) in [5.41, 5.74) is 34.5. The second-order valence-electron chi connectivity index (χ2n) is 31.3. The molecule has 0 N–H and O–H groups in total. The molecule has 114 heavy (non-hydrogen) atoms. The molecule has 0 saturated heterocycles. The summed E-state index contributed by atoms with van der Waals surface area (Å²) in [6, 6.07) is 98.6. The van der Waals surface area contributed by atoms with Crippen molar-refractivity contribution in [3.05, 3.63) is 324 Å². The molecule has 14 aromatic carbocycles. The zero-order valence-corrected chi connectivity index (χ0v) is 67.1. The highest BCUT2D eigenvalue weighted by molar-refractivity contribution is 6.15. The number of benzene rings is 14. The average molecular weight is 1490 g/mol. The molecule has 4 atom stereocenters. The Balaban J connectivity index is 0.000000103. The van der Waals surface area contributed by atoms with Crippen LogP contribution in [0.4, 0.5) is 79.6 Å². The molecule has 0 radical (unpaired) electrons. The van der Waals surface area contributed by atoms with Crippen molar-refractivity contribution in [1.82, 2.24) is 0 Å². The highest BCUT2D eigenvalue weighted by atomic mass is 16.3. The molecule has 0 spiro atoms. The maximum Gasteiger partial charge on any atom is 0.159 e. The van der Waals surface area contributed by atoms with Gasteiger partial charge in [-0.15, -0.1) is 0 Å². The zero-order chi connectivity index (χ0) is 78.2. The van der Waals surface area contributed by atoms with Gasteiger partial charge in [0.1, 0.15) is 47.0 Å². The van der Waals surface area contributed by atoms with Crippen molar-refractivity contribution in [2.75, 3.05) is 53.3 Å². The van der Waals surface area contributed by atoms with Crippen LogP contribution in [0.15, 0.2) is 297 Å². The molecule has 12 nitrogen and oxygen atoms in total. The van der Waals surface area contributed by atoms with Gasteiger partial charge in [0.25, 0.3) is 0 Å². The molecule has 0 amide bonds. The van der Waals surface area contributed by atoms with Gasteiger partial charge < -0.3 is 56.9 Å². The van der Waals surface area contributed by atoms with Crippen molar-refractivity contribution >= 4 is 167 Å². The number of furan rings is 4. The van der Waals surface area contributed by atoms with E-state index in [4.69, 9.17) is 17.7 Å². The van der Waals surface area contributed by atoms with E-state index in [-0.39, 0.29) is 24.7 Å². The van der Waals surface area contributed by atoms with Gasteiger partial charge in [-0.2, -0.15) is 0 Å². The molecule has 18 aromatic rings. The first-order chi connectivity index (χ1) is 55.4. The number of hydrogen-bond acceptors (Lipinski definition) is 12. The Morgan fingerprint density at radius 2 is 0.447 bits per heavy atom. The molecule has 564 valence electrons. The normalized spacial score (nSPS) is 16.2. The standard InChI is InChI=1S/2C29H26N2O.2C22H20N2O/c1-18-10-9-11-19(2)27(18)30-21(4)31(25-14-7-6-13-24(25)30)28-20(3)16-17-23-22-12-5-8-15-26(22)32-29(23)28;1-18-15-19(2)17-22(16-18)30-21(4)31(26-11-7-6-10-25(26)30)28-20(3)13-14-24-23-9-5-8-12-27(23)32-29(24)28;2*1-14-12-13-17-16-8-4-7-11-20(16)25-22(17)21(14)24-15(2)23(3)18-9-5-6-10-19(18)24/h2*5-17,21H,1-4H3;2*4-13,15H,1-3H3/t2*21-;2*15-/m1111/s1. The minimum Gasteiger partial charge on any atom is -0.454 e. The minimum atomic E-state index is 0.102. The van der Waals surface area contributed by atoms with Crippen LogP contribution in [-0.2, 0) is 0 Å². The predicted octanol–water partition coefficient (Wildman–Crippen LogP) is 28.0. The Morgan fingerprint density at radius 1 is 0.211 bits per heavy atom. The number of aryl methyl sites for hydroxylation is 8. The molecule has 4 aromatic heterocycles. The minimum absolute atomic E-state index is 0.102. The van der Waals surface area contributed by atoms with E-state index in [2.05, 4.69) is 379 Å². The third-order valence-electron chi connectivity index (χ3n) is 24.2. The van der Waals surface area contributed by atoms with E-state index in [1.54, 1.807) is 0 Å². The molecule has 4 aliphatic rings. The van der Waals surface area contributed by atoms with Crippen LogP contribution in [0.25, 0.3) is 87.8 Å². The van der Waals surface area contributed by atoms with E-state index in [1.165, 1.54) is 123 Å². The monoisotopic (exact) mass is 1490 g/mol. The molecular formula is C102H92N8O4. The van der Waals surface area contributed by atoms with Crippen LogP contribution in [0.3, 0.4) is 0 Å². The Kier molecular flexibility index (Phi) is 17.4. The van der Waals surface area contributed by atoms with Crippen LogP contribution in [0.1, 0.15) is 72.2 Å². The van der Waals surface area contributed by atoms with Crippen molar-refractivity contribution in [1.29, 1.82) is 0 Å². The number of para-hydroxylation sites is 13. The maximum absolute atomic E-state index is 6.47. The van der Waals surface area contributed by atoms with Crippen LogP contribution < -0.4 is 39.2 Å². The van der Waals surface area contributed by atoms with Gasteiger partial charge in [0.15, 0.2) is 22.3 Å². The fraction of sp³-hybridized carbons (Fsp3) is 0.176. The molecule has 0 saturated carbocycles. The van der Waals surface area contributed by atoms with E-state index in [9.17, 15) is 0 Å². The molecule has 0 unspecified atom stereocenters. The second-order valence-corrected chi connectivity index (χ2v) is 31.3. The Morgan fingerprint density at radius 3 is 0.763 bits per heavy atom. The summed E-state index contributed by atoms with van der Waals surface area (Å²) in [6.45, 7) is 26.5. The Labute approximate surface area is 665 Å². The number of fused-ring (bicyclic) bond motifs is 16. The second kappa shape index (κ2) is 27.9. The predicted molar refractivity (Wildman–Crippen MR) is 479 cm³/mol. The third kappa shape index (κ3) is 11.3. The third-order valence-corrected chi connectivity index (χ3v) is 24.2. The van der Waals surface area contributed by atoms with E-state index in [0.29, 0.717) is 0 Å². The van der Waals surface area contributed by atoms with Gasteiger partial charge in [-0.25, -0.2) is 0 Å². The lowest BCUT2D eigenvalue weighted by Crippen LogP contribution is -2.36. The first-order valence-corrected chi connectivity index (χ1v) is 39.8. The van der Waals surface area contributed by atoms with E-state index < -0.39 is 0 Å². The van der Waals surface area contributed by atoms with Gasteiger partial charge in [0, 0.05) is 68.6 Å². The topological polar surface area (TPSA) is 78.5 Å². The maximum atomic E-state index is 6.47. The van der Waals surface area contributed by atoms with Gasteiger partial charge in [-0.1, -0.05) is 194 Å². The van der Waals surface area contributed by atoms with Gasteiger partial charge in [-0.3, -0.25) is 0 Å². The van der Waals surface area contributed by atoms with Crippen LogP contribution in [0.5, 0.6) is 0 Å². The summed E-state index contributed by atoms with van der Waals surface area (Å²) in [5, 5.41) is 9.35. The molecule has 0 fully saturated rings. The van der Waals surface area contributed by atoms with E-state index in [0.717, 1.165) is 89.0 Å². The fourth-order valence-corrected chi connectivity index (χ4v) is 18.7. The SMILES string of the molecule is Cc1cc(C)cc(N2c3ccccc3N(c3c(C)ccc4c3oc3ccccc34)[C@@H]2C)c1.Cc1ccc2c(oc3ccccc32)c1N1c2ccccc2N(C)[C@H]1C.Cc1ccc2c(oc3ccccc32)c1N1c2ccccc2N(C)[C@H]1C.Cc1cccc(C)c1N1c2ccccc2N(c2c(C)ccc3c2oc2ccccc23)[C@@H]1C. The Bertz CT molecular complexity index is 6620. The summed E-state index contributed by atoms with van der Waals surface area (Å²) in [4.78, 5) is 19.2. The number of nitrogens with zero attached hydrogens (tertiary/aromatic N) is 8. The van der Waals surface area contributed by atoms with Crippen molar-refractivity contribution in [2.24, 2.45) is 0 Å². The van der Waals surface area contributed by atoms with E-state index in [1.807, 2.05) is 36.4 Å². The van der Waals surface area contributed by atoms with Crippen LogP contribution >= 0.6 is 0 Å². The summed E-state index contributed by atoms with van der Waals surface area (Å²) in [7, 11) is 4.30. The molecule has 22 rings (SSSR count). The summed E-state index contributed by atoms with van der Waals surface area (Å²) < 4.78 is 25.6. The molecular weight excluding hydrogens is 1400 g/mol. The smallest absolute Gasteiger partial charge is 0.159 e. The van der Waals surface area contributed by atoms with Gasteiger partial charge in [0.05, 0.1) is 68.2 Å². The van der Waals surface area contributed by atoms with E-state index >= 15 is 0 Å². The lowest BCUT2D eigenvalue weighted by molar-refractivity contribution is 0.661. The zero-order valence-electron chi connectivity index (χ0n) is 67.1. The van der Waals surface area contributed by atoms with Crippen molar-refractivity contribution in [3.63, 3.8) is 0 Å². The van der Waals surface area contributed by atoms with Gasteiger partial charge in [0.2, 0.25) is 0 Å². The lowest BCUT2D eigenvalue weighted by Gasteiger charge is -2.32. The largest absolute Gasteiger partial charge is 0.454 e. The van der Waals surface area contributed by atoms with Crippen LogP contribution in [-0.4, -0.2) is 38.8 Å². The lowest BCUT2D eigenvalue weighted by atomic mass is 10.1. The highest BCUT2D eigenvalue weighted by Gasteiger charge is 2.41. The first-order valence-electron chi connectivity index (χ1n) is 39.8. The summed E-state index contributed by atoms with van der Waals surface area (Å²) in [5.74, 6) is 0. The molecule has 0 bridgehead atoms. The van der Waals surface area contributed by atoms with Gasteiger partial charge in [-0.05, 0) is 213 Å². The average Bonchev–Trinajstić information content (AvgIpc) is 1.59. The van der Waals surface area contributed by atoms with Crippen molar-refractivity contribution < 1.29 is 17.7 Å². The molecule has 8 heterocycles. The quantitative estimate of drug-likeness (QED) is 0.159. The number of rotatable bonds is 6. The fourth-order valence-electron chi connectivity index (χ4n) is 18.7. The van der Waals surface area contributed by atoms with Crippen molar-refractivity contribution in [2.45, 2.75) is 108 Å². The van der Waals surface area contributed by atoms with Crippen molar-refractivity contribution in [3.8, 4) is 0 Å². The van der Waals surface area contributed by atoms with Crippen LogP contribution in [0.2, 0.25) is 0 Å². The summed E-state index contributed by atoms with van der Waals surface area (Å²) >= 11 is 0. The van der Waals surface area contributed by atoms with Crippen LogP contribution in [0, 0.1) is 55.4 Å². The molecule has 0 aliphatic carbocycles. The Hall–Kier alpha value is -13.3. The first kappa shape index (κ1) is 71.0. The summed E-state index contributed by atoms with van der Waals surface area (Å²) in [6.07, 6.45) is 0.667. The number of anilines is 14. The van der Waals surface area contributed by atoms with Gasteiger partial charge >= 0.3 is 0 Å². The number of hydrogen-bond donors (Lipinski definition) is 0. The molecule has 12 heteroatoms. The highest BCUT2D eigenvalue weighted by Crippen LogP contribution is 2.56.